The summed E-state index contributed by atoms with van der Waals surface area (Å²) in [5.74, 6) is 0. The quantitative estimate of drug-likeness (QED) is 0.167. The molecule has 0 unspecified atom stereocenters. The van der Waals surface area contributed by atoms with Crippen molar-refractivity contribution in [1.29, 1.82) is 0 Å². The highest BCUT2D eigenvalue weighted by Gasteiger charge is 2.37. The van der Waals surface area contributed by atoms with Gasteiger partial charge in [-0.1, -0.05) is 179 Å². The Hall–Kier alpha value is -7.42. The second kappa shape index (κ2) is 13.5. The first-order chi connectivity index (χ1) is 30.3. The Morgan fingerprint density at radius 1 is 0.323 bits per heavy atom. The molecule has 1 aromatic heterocycles. The van der Waals surface area contributed by atoms with Crippen molar-refractivity contribution in [3.05, 3.63) is 222 Å². The maximum Gasteiger partial charge on any atom is 0.143 e. The van der Waals surface area contributed by atoms with E-state index in [0.717, 1.165) is 61.3 Å². The second-order valence-electron chi connectivity index (χ2n) is 18.1. The summed E-state index contributed by atoms with van der Waals surface area (Å²) >= 11 is 0. The number of hydrogen-bond donors (Lipinski definition) is 0. The largest absolute Gasteiger partial charge is 0.455 e. The Kier molecular flexibility index (Phi) is 7.96. The molecular weight excluding hydrogens is 751 g/mol. The molecule has 0 amide bonds. The average molecular weight is 796 g/mol. The lowest BCUT2D eigenvalue weighted by Crippen LogP contribution is -2.18. The van der Waals surface area contributed by atoms with Gasteiger partial charge in [-0.25, -0.2) is 0 Å². The summed E-state index contributed by atoms with van der Waals surface area (Å²) in [7, 11) is 0. The van der Waals surface area contributed by atoms with Crippen LogP contribution in [-0.2, 0) is 10.8 Å². The van der Waals surface area contributed by atoms with Gasteiger partial charge in [0.25, 0.3) is 0 Å². The number of rotatable bonds is 6. The van der Waals surface area contributed by atoms with Gasteiger partial charge >= 0.3 is 0 Å². The summed E-state index contributed by atoms with van der Waals surface area (Å²) < 4.78 is 6.61. The zero-order chi connectivity index (χ0) is 41.7. The Labute approximate surface area is 363 Å². The number of fused-ring (bicyclic) bond motifs is 9. The summed E-state index contributed by atoms with van der Waals surface area (Å²) in [5.41, 5.74) is 22.7. The number of para-hydroxylation sites is 2. The maximum absolute atomic E-state index is 6.61. The Morgan fingerprint density at radius 2 is 0.823 bits per heavy atom. The van der Waals surface area contributed by atoms with Gasteiger partial charge in [-0.3, -0.25) is 0 Å². The van der Waals surface area contributed by atoms with Crippen molar-refractivity contribution in [3.63, 3.8) is 0 Å². The van der Waals surface area contributed by atoms with Gasteiger partial charge in [0.15, 0.2) is 0 Å². The van der Waals surface area contributed by atoms with Crippen LogP contribution in [0, 0.1) is 0 Å². The van der Waals surface area contributed by atoms with Crippen LogP contribution < -0.4 is 4.90 Å². The Balaban J connectivity index is 0.998. The van der Waals surface area contributed by atoms with E-state index in [9.17, 15) is 0 Å². The van der Waals surface area contributed by atoms with E-state index in [-0.39, 0.29) is 10.8 Å². The van der Waals surface area contributed by atoms with Crippen LogP contribution in [0.2, 0.25) is 0 Å². The first-order valence-electron chi connectivity index (χ1n) is 21.8. The third kappa shape index (κ3) is 5.43. The minimum atomic E-state index is -0.116. The van der Waals surface area contributed by atoms with Gasteiger partial charge in [0.2, 0.25) is 0 Å². The molecule has 296 valence electrons. The van der Waals surface area contributed by atoms with E-state index in [4.69, 9.17) is 4.42 Å². The molecule has 0 N–H and O–H groups in total. The van der Waals surface area contributed by atoms with Gasteiger partial charge in [-0.05, 0) is 121 Å². The SMILES string of the molecule is CC1(C)c2ccccc2-c2ccc(N(c3ccc(-c4ccc(-c5ccccc5)c(-c5cccc6c5oc5ccccc56)c4)cc3)c3ccc4c(c3)C(C)(C)c3ccccc3-4)cc21. The summed E-state index contributed by atoms with van der Waals surface area (Å²) in [6.45, 7) is 9.45. The fraction of sp³-hybridized carbons (Fsp3) is 0.100. The zero-order valence-corrected chi connectivity index (χ0v) is 35.4. The molecule has 2 nitrogen and oxygen atoms in total. The predicted molar refractivity (Wildman–Crippen MR) is 260 cm³/mol. The van der Waals surface area contributed by atoms with E-state index < -0.39 is 0 Å². The topological polar surface area (TPSA) is 16.4 Å². The minimum absolute atomic E-state index is 0.116. The van der Waals surface area contributed by atoms with E-state index in [2.05, 4.69) is 227 Å². The van der Waals surface area contributed by atoms with Crippen LogP contribution in [0.1, 0.15) is 49.9 Å². The van der Waals surface area contributed by atoms with Crippen molar-refractivity contribution in [3.8, 4) is 55.6 Å². The van der Waals surface area contributed by atoms with E-state index in [1.165, 1.54) is 55.6 Å². The number of anilines is 3. The molecule has 0 bridgehead atoms. The third-order valence-electron chi connectivity index (χ3n) is 13.9. The van der Waals surface area contributed by atoms with E-state index >= 15 is 0 Å². The zero-order valence-electron chi connectivity index (χ0n) is 35.4. The van der Waals surface area contributed by atoms with Crippen molar-refractivity contribution in [1.82, 2.24) is 0 Å². The van der Waals surface area contributed by atoms with Crippen molar-refractivity contribution in [2.75, 3.05) is 4.90 Å². The van der Waals surface area contributed by atoms with Gasteiger partial charge < -0.3 is 9.32 Å². The van der Waals surface area contributed by atoms with Gasteiger partial charge in [0.1, 0.15) is 11.2 Å². The molecule has 0 aliphatic heterocycles. The molecule has 0 atom stereocenters. The number of benzene rings is 9. The summed E-state index contributed by atoms with van der Waals surface area (Å²) in [6.07, 6.45) is 0. The van der Waals surface area contributed by atoms with Crippen LogP contribution in [0.3, 0.4) is 0 Å². The van der Waals surface area contributed by atoms with Crippen molar-refractivity contribution in [2.24, 2.45) is 0 Å². The van der Waals surface area contributed by atoms with Crippen molar-refractivity contribution in [2.45, 2.75) is 38.5 Å². The summed E-state index contributed by atoms with van der Waals surface area (Å²) in [4.78, 5) is 2.45. The van der Waals surface area contributed by atoms with Gasteiger partial charge in [-0.15, -0.1) is 0 Å². The fourth-order valence-electron chi connectivity index (χ4n) is 10.7. The molecule has 2 heteroatoms. The molecule has 2 aliphatic carbocycles. The van der Waals surface area contributed by atoms with E-state index in [1.807, 2.05) is 6.07 Å². The third-order valence-corrected chi connectivity index (χ3v) is 13.9. The average Bonchev–Trinajstić information content (AvgIpc) is 3.89. The number of nitrogens with zero attached hydrogens (tertiary/aromatic N) is 1. The number of furan rings is 1. The van der Waals surface area contributed by atoms with Crippen LogP contribution in [-0.4, -0.2) is 0 Å². The lowest BCUT2D eigenvalue weighted by Gasteiger charge is -2.30. The van der Waals surface area contributed by atoms with Gasteiger partial charge in [0.05, 0.1) is 0 Å². The van der Waals surface area contributed by atoms with Gasteiger partial charge in [0, 0.05) is 44.2 Å². The smallest absolute Gasteiger partial charge is 0.143 e. The summed E-state index contributed by atoms with van der Waals surface area (Å²) in [6, 6.07) is 73.5. The van der Waals surface area contributed by atoms with Crippen molar-refractivity contribution < 1.29 is 4.42 Å². The second-order valence-corrected chi connectivity index (χ2v) is 18.1. The van der Waals surface area contributed by atoms with Crippen LogP contribution in [0.15, 0.2) is 205 Å². The lowest BCUT2D eigenvalue weighted by atomic mass is 9.82. The molecule has 9 aromatic carbocycles. The molecule has 0 radical (unpaired) electrons. The molecule has 0 spiro atoms. The Morgan fingerprint density at radius 3 is 1.48 bits per heavy atom. The highest BCUT2D eigenvalue weighted by Crippen LogP contribution is 2.53. The highest BCUT2D eigenvalue weighted by molar-refractivity contribution is 6.11. The van der Waals surface area contributed by atoms with Crippen LogP contribution >= 0.6 is 0 Å². The summed E-state index contributed by atoms with van der Waals surface area (Å²) in [5, 5.41) is 2.26. The van der Waals surface area contributed by atoms with E-state index in [0.29, 0.717) is 0 Å². The molecule has 0 saturated carbocycles. The van der Waals surface area contributed by atoms with Crippen LogP contribution in [0.4, 0.5) is 17.1 Å². The molecule has 0 fully saturated rings. The van der Waals surface area contributed by atoms with Crippen LogP contribution in [0.25, 0.3) is 77.6 Å². The highest BCUT2D eigenvalue weighted by atomic mass is 16.3. The molecule has 10 aromatic rings. The van der Waals surface area contributed by atoms with Crippen molar-refractivity contribution >= 4 is 39.0 Å². The molecule has 62 heavy (non-hydrogen) atoms. The van der Waals surface area contributed by atoms with E-state index in [1.54, 1.807) is 0 Å². The minimum Gasteiger partial charge on any atom is -0.455 e. The predicted octanol–water partition coefficient (Wildman–Crippen LogP) is 16.7. The first-order valence-corrected chi connectivity index (χ1v) is 21.8. The standard InChI is InChI=1S/C60H45NO/c1-59(2)53-22-11-8-17-45(53)47-33-30-42(36-55(47)59)61(43-31-34-48-46-18-9-12-23-54(46)60(3,4)56(48)37-43)41-28-25-38(26-29-41)40-27-32-44(39-15-6-5-7-16-39)52(35-40)51-21-14-20-50-49-19-10-13-24-57(49)62-58(50)51/h5-37H,1-4H3. The fourth-order valence-corrected chi connectivity index (χ4v) is 10.7. The number of hydrogen-bond acceptors (Lipinski definition) is 2. The van der Waals surface area contributed by atoms with Gasteiger partial charge in [-0.2, -0.15) is 0 Å². The molecule has 0 saturated heterocycles. The molecule has 1 heterocycles. The molecule has 12 rings (SSSR count). The monoisotopic (exact) mass is 795 g/mol. The maximum atomic E-state index is 6.61. The normalized spacial score (nSPS) is 14.1. The molecule has 2 aliphatic rings. The first kappa shape index (κ1) is 36.4. The molecular formula is C60H45NO. The lowest BCUT2D eigenvalue weighted by molar-refractivity contribution is 0.660. The van der Waals surface area contributed by atoms with Crippen LogP contribution in [0.5, 0.6) is 0 Å². The Bertz CT molecular complexity index is 3300.